The minimum atomic E-state index is -0.706. The molecule has 1 atom stereocenters. The molecule has 1 aromatic rings. The van der Waals surface area contributed by atoms with Crippen molar-refractivity contribution in [2.24, 2.45) is 5.73 Å². The number of nitrogens with one attached hydrogen (secondary N) is 1. The van der Waals surface area contributed by atoms with Crippen LogP contribution in [0.2, 0.25) is 0 Å². The number of benzene rings is 1. The summed E-state index contributed by atoms with van der Waals surface area (Å²) in [6, 6.07) is 3.42. The summed E-state index contributed by atoms with van der Waals surface area (Å²) in [6.07, 6.45) is 0.760. The molecule has 1 amide bonds. The van der Waals surface area contributed by atoms with Crippen LogP contribution in [0.4, 0.5) is 10.1 Å². The summed E-state index contributed by atoms with van der Waals surface area (Å²) in [5.74, 6) is -1.56. The Morgan fingerprint density at radius 1 is 1.47 bits per heavy atom. The lowest BCUT2D eigenvalue weighted by molar-refractivity contribution is -0.116. The van der Waals surface area contributed by atoms with Crippen LogP contribution in [0.25, 0.3) is 0 Å². The van der Waals surface area contributed by atoms with Crippen molar-refractivity contribution >= 4 is 17.6 Å². The predicted octanol–water partition coefficient (Wildman–Crippen LogP) is 1.68. The molecule has 0 bridgehead atoms. The van der Waals surface area contributed by atoms with Gasteiger partial charge in [-0.15, -0.1) is 0 Å². The third-order valence-electron chi connectivity index (χ3n) is 2.49. The first kappa shape index (κ1) is 15.1. The largest absolute Gasteiger partial charge is 0.465 e. The molecule has 0 aliphatic rings. The number of amides is 1. The van der Waals surface area contributed by atoms with Gasteiger partial charge in [0.1, 0.15) is 5.82 Å². The van der Waals surface area contributed by atoms with Gasteiger partial charge in [-0.2, -0.15) is 0 Å². The molecule has 0 spiro atoms. The maximum atomic E-state index is 13.1. The topological polar surface area (TPSA) is 81.4 Å². The van der Waals surface area contributed by atoms with Gasteiger partial charge in [0.05, 0.1) is 18.4 Å². The van der Waals surface area contributed by atoms with Crippen molar-refractivity contribution < 1.29 is 18.7 Å². The van der Waals surface area contributed by atoms with Gasteiger partial charge >= 0.3 is 5.97 Å². The Bertz CT molecular complexity index is 475. The molecule has 0 saturated carbocycles. The highest BCUT2D eigenvalue weighted by atomic mass is 19.1. The Balaban J connectivity index is 2.82. The van der Waals surface area contributed by atoms with Crippen LogP contribution in [-0.2, 0) is 9.53 Å². The van der Waals surface area contributed by atoms with Crippen LogP contribution in [0.15, 0.2) is 18.2 Å². The van der Waals surface area contributed by atoms with E-state index in [-0.39, 0.29) is 29.6 Å². The molecular weight excluding hydrogens is 251 g/mol. The number of hydrogen-bond donors (Lipinski definition) is 2. The van der Waals surface area contributed by atoms with E-state index in [2.05, 4.69) is 10.1 Å². The highest BCUT2D eigenvalue weighted by Crippen LogP contribution is 2.18. The van der Waals surface area contributed by atoms with E-state index in [4.69, 9.17) is 5.73 Å². The minimum Gasteiger partial charge on any atom is -0.465 e. The van der Waals surface area contributed by atoms with E-state index in [1.54, 1.807) is 6.92 Å². The van der Waals surface area contributed by atoms with Gasteiger partial charge in [-0.3, -0.25) is 4.79 Å². The van der Waals surface area contributed by atoms with Crippen LogP contribution >= 0.6 is 0 Å². The van der Waals surface area contributed by atoms with Gasteiger partial charge in [-0.05, 0) is 31.5 Å². The van der Waals surface area contributed by atoms with E-state index in [1.807, 2.05) is 0 Å². The molecule has 0 fully saturated rings. The van der Waals surface area contributed by atoms with Crippen LogP contribution in [0, 0.1) is 5.82 Å². The third-order valence-corrected chi connectivity index (χ3v) is 2.49. The van der Waals surface area contributed by atoms with Crippen molar-refractivity contribution in [2.45, 2.75) is 25.8 Å². The standard InChI is InChI=1S/C13H17FN2O3/c1-8(15)3-6-12(17)16-11-5-4-9(14)7-10(11)13(18)19-2/h4-5,7-8H,3,6,15H2,1-2H3,(H,16,17). The monoisotopic (exact) mass is 268 g/mol. The van der Waals surface area contributed by atoms with Crippen molar-refractivity contribution in [1.82, 2.24) is 0 Å². The van der Waals surface area contributed by atoms with Crippen molar-refractivity contribution in [1.29, 1.82) is 0 Å². The zero-order valence-corrected chi connectivity index (χ0v) is 10.9. The van der Waals surface area contributed by atoms with Gasteiger partial charge in [0.25, 0.3) is 0 Å². The number of carbonyl (C=O) groups is 2. The fourth-order valence-electron chi connectivity index (χ4n) is 1.48. The van der Waals surface area contributed by atoms with Crippen molar-refractivity contribution in [3.63, 3.8) is 0 Å². The first-order valence-corrected chi connectivity index (χ1v) is 5.87. The molecule has 0 aliphatic heterocycles. The molecule has 3 N–H and O–H groups in total. The zero-order valence-electron chi connectivity index (χ0n) is 10.9. The number of rotatable bonds is 5. The highest BCUT2D eigenvalue weighted by molar-refractivity contribution is 6.01. The van der Waals surface area contributed by atoms with E-state index < -0.39 is 11.8 Å². The number of ether oxygens (including phenoxy) is 1. The lowest BCUT2D eigenvalue weighted by atomic mass is 10.1. The minimum absolute atomic E-state index is 0.0170. The first-order valence-electron chi connectivity index (χ1n) is 5.87. The van der Waals surface area contributed by atoms with Gasteiger partial charge in [0, 0.05) is 12.5 Å². The number of carbonyl (C=O) groups excluding carboxylic acids is 2. The van der Waals surface area contributed by atoms with Gasteiger partial charge in [-0.1, -0.05) is 0 Å². The molecule has 104 valence electrons. The van der Waals surface area contributed by atoms with Gasteiger partial charge in [-0.25, -0.2) is 9.18 Å². The molecule has 0 aromatic heterocycles. The van der Waals surface area contributed by atoms with E-state index in [1.165, 1.54) is 13.2 Å². The molecule has 0 heterocycles. The Morgan fingerprint density at radius 3 is 2.74 bits per heavy atom. The number of hydrogen-bond acceptors (Lipinski definition) is 4. The van der Waals surface area contributed by atoms with Crippen molar-refractivity contribution in [3.8, 4) is 0 Å². The molecule has 5 nitrogen and oxygen atoms in total. The van der Waals surface area contributed by atoms with Gasteiger partial charge < -0.3 is 15.8 Å². The van der Waals surface area contributed by atoms with Gasteiger partial charge in [0.2, 0.25) is 5.91 Å². The van der Waals surface area contributed by atoms with E-state index in [0.717, 1.165) is 12.1 Å². The normalized spacial score (nSPS) is 11.8. The smallest absolute Gasteiger partial charge is 0.340 e. The van der Waals surface area contributed by atoms with Crippen molar-refractivity contribution in [3.05, 3.63) is 29.6 Å². The summed E-state index contributed by atoms with van der Waals surface area (Å²) in [7, 11) is 1.19. The van der Waals surface area contributed by atoms with E-state index in [0.29, 0.717) is 6.42 Å². The molecule has 0 radical (unpaired) electrons. The maximum Gasteiger partial charge on any atom is 0.340 e. The van der Waals surface area contributed by atoms with Crippen LogP contribution in [0.1, 0.15) is 30.1 Å². The fourth-order valence-corrected chi connectivity index (χ4v) is 1.48. The zero-order chi connectivity index (χ0) is 14.4. The van der Waals surface area contributed by atoms with E-state index in [9.17, 15) is 14.0 Å². The van der Waals surface area contributed by atoms with E-state index >= 15 is 0 Å². The lowest BCUT2D eigenvalue weighted by Crippen LogP contribution is -2.20. The molecule has 1 unspecified atom stereocenters. The Kier molecular flexibility index (Phi) is 5.44. The van der Waals surface area contributed by atoms with Crippen molar-refractivity contribution in [2.75, 3.05) is 12.4 Å². The molecule has 1 rings (SSSR count). The predicted molar refractivity (Wildman–Crippen MR) is 69.3 cm³/mol. The molecule has 1 aromatic carbocycles. The Labute approximate surface area is 110 Å². The average molecular weight is 268 g/mol. The number of nitrogens with two attached hydrogens (primary N) is 1. The summed E-state index contributed by atoms with van der Waals surface area (Å²) in [5, 5.41) is 2.55. The van der Waals surface area contributed by atoms with Crippen LogP contribution in [-0.4, -0.2) is 25.0 Å². The Hall–Kier alpha value is -1.95. The quantitative estimate of drug-likeness (QED) is 0.796. The maximum absolute atomic E-state index is 13.1. The third kappa shape index (κ3) is 4.67. The molecule has 19 heavy (non-hydrogen) atoms. The number of methoxy groups -OCH3 is 1. The number of anilines is 1. The highest BCUT2D eigenvalue weighted by Gasteiger charge is 2.15. The van der Waals surface area contributed by atoms with Crippen LogP contribution in [0.5, 0.6) is 0 Å². The lowest BCUT2D eigenvalue weighted by Gasteiger charge is -2.10. The Morgan fingerprint density at radius 2 is 2.16 bits per heavy atom. The fraction of sp³-hybridized carbons (Fsp3) is 0.385. The first-order chi connectivity index (χ1) is 8.93. The second-order valence-corrected chi connectivity index (χ2v) is 4.25. The number of esters is 1. The SMILES string of the molecule is COC(=O)c1cc(F)ccc1NC(=O)CCC(C)N. The summed E-state index contributed by atoms with van der Waals surface area (Å²) in [4.78, 5) is 23.1. The summed E-state index contributed by atoms with van der Waals surface area (Å²) < 4.78 is 17.6. The summed E-state index contributed by atoms with van der Waals surface area (Å²) >= 11 is 0. The summed E-state index contributed by atoms with van der Waals surface area (Å²) in [6.45, 7) is 1.80. The van der Waals surface area contributed by atoms with Gasteiger partial charge in [0.15, 0.2) is 0 Å². The second-order valence-electron chi connectivity index (χ2n) is 4.25. The second kappa shape index (κ2) is 6.84. The summed E-state index contributed by atoms with van der Waals surface area (Å²) in [5.41, 5.74) is 5.76. The van der Waals surface area contributed by atoms with Crippen LogP contribution < -0.4 is 11.1 Å². The molecule has 6 heteroatoms. The molecule has 0 saturated heterocycles. The van der Waals surface area contributed by atoms with Crippen LogP contribution in [0.3, 0.4) is 0 Å². The average Bonchev–Trinajstić information content (AvgIpc) is 2.37. The molecular formula is C13H17FN2O3. The number of halogens is 1. The molecule has 0 aliphatic carbocycles.